The summed E-state index contributed by atoms with van der Waals surface area (Å²) in [6.07, 6.45) is 1.60. The van der Waals surface area contributed by atoms with E-state index in [1.165, 1.54) is 0 Å². The number of nitrogens with one attached hydrogen (secondary N) is 1. The monoisotopic (exact) mass is 284 g/mol. The number of rotatable bonds is 3. The Hall–Kier alpha value is -1.07. The number of halogens is 2. The second-order valence-electron chi connectivity index (χ2n) is 4.06. The fourth-order valence-electron chi connectivity index (χ4n) is 2.00. The van der Waals surface area contributed by atoms with E-state index in [2.05, 4.69) is 10.5 Å². The van der Waals surface area contributed by atoms with E-state index in [9.17, 15) is 0 Å². The van der Waals surface area contributed by atoms with Gasteiger partial charge < -0.3 is 0 Å². The largest absolute Gasteiger partial charge is 0.271 e. The van der Waals surface area contributed by atoms with Gasteiger partial charge in [-0.3, -0.25) is 10.5 Å². The first-order valence-corrected chi connectivity index (χ1v) is 6.20. The Labute approximate surface area is 116 Å². The molecule has 0 fully saturated rings. The van der Waals surface area contributed by atoms with E-state index in [0.717, 1.165) is 16.8 Å². The van der Waals surface area contributed by atoms with E-state index in [0.29, 0.717) is 10.0 Å². The maximum Gasteiger partial charge on any atom is 0.0896 e. The molecule has 6 heteroatoms. The third kappa shape index (κ3) is 2.24. The number of aromatic nitrogens is 2. The molecular formula is C12H14Cl2N4. The van der Waals surface area contributed by atoms with Gasteiger partial charge in [-0.2, -0.15) is 5.10 Å². The average Bonchev–Trinajstić information content (AvgIpc) is 2.67. The number of hydrogen-bond donors (Lipinski definition) is 2. The molecule has 3 N–H and O–H groups in total. The van der Waals surface area contributed by atoms with Gasteiger partial charge in [-0.25, -0.2) is 5.43 Å². The molecule has 1 heterocycles. The average molecular weight is 285 g/mol. The second-order valence-corrected chi connectivity index (χ2v) is 4.87. The number of nitrogens with zero attached hydrogens (tertiary/aromatic N) is 2. The zero-order valence-electron chi connectivity index (χ0n) is 10.1. The molecule has 0 aliphatic rings. The van der Waals surface area contributed by atoms with Crippen LogP contribution in [0.1, 0.15) is 22.9 Å². The van der Waals surface area contributed by atoms with E-state index in [1.807, 2.05) is 32.2 Å². The summed E-state index contributed by atoms with van der Waals surface area (Å²) in [5.41, 5.74) is 5.53. The van der Waals surface area contributed by atoms with Gasteiger partial charge in [0.2, 0.25) is 0 Å². The molecule has 2 rings (SSSR count). The molecule has 0 aliphatic carbocycles. The van der Waals surface area contributed by atoms with Crippen molar-refractivity contribution in [2.75, 3.05) is 0 Å². The van der Waals surface area contributed by atoms with Crippen molar-refractivity contribution in [2.45, 2.75) is 13.0 Å². The van der Waals surface area contributed by atoms with Crippen LogP contribution in [0.5, 0.6) is 0 Å². The number of benzene rings is 1. The van der Waals surface area contributed by atoms with Crippen LogP contribution in [0.25, 0.3) is 0 Å². The Bertz CT molecular complexity index is 546. The molecule has 1 unspecified atom stereocenters. The minimum atomic E-state index is -0.247. The maximum absolute atomic E-state index is 6.15. The molecule has 0 radical (unpaired) electrons. The lowest BCUT2D eigenvalue weighted by atomic mass is 9.99. The van der Waals surface area contributed by atoms with Gasteiger partial charge in [-0.15, -0.1) is 0 Å². The number of nitrogens with two attached hydrogens (primary N) is 1. The highest BCUT2D eigenvalue weighted by Gasteiger charge is 2.21. The summed E-state index contributed by atoms with van der Waals surface area (Å²) >= 11 is 12.3. The fraction of sp³-hybridized carbons (Fsp3) is 0.250. The lowest BCUT2D eigenvalue weighted by molar-refractivity contribution is 0.573. The van der Waals surface area contributed by atoms with Gasteiger partial charge in [0.05, 0.1) is 23.0 Å². The molecule has 0 saturated carbocycles. The highest BCUT2D eigenvalue weighted by Crippen LogP contribution is 2.31. The molecule has 0 spiro atoms. The highest BCUT2D eigenvalue weighted by molar-refractivity contribution is 6.31. The molecule has 4 nitrogen and oxygen atoms in total. The molecule has 1 aromatic heterocycles. The Kier molecular flexibility index (Phi) is 3.92. The fourth-order valence-corrected chi connectivity index (χ4v) is 2.45. The lowest BCUT2D eigenvalue weighted by Crippen LogP contribution is -2.31. The zero-order valence-corrected chi connectivity index (χ0v) is 11.6. The molecule has 1 atom stereocenters. The van der Waals surface area contributed by atoms with Crippen LogP contribution in [0.2, 0.25) is 10.0 Å². The molecule has 2 aromatic rings. The van der Waals surface area contributed by atoms with Gasteiger partial charge in [0.15, 0.2) is 0 Å². The molecule has 0 amide bonds. The van der Waals surface area contributed by atoms with Crippen molar-refractivity contribution in [1.82, 2.24) is 15.2 Å². The first-order chi connectivity index (χ1) is 8.56. The van der Waals surface area contributed by atoms with Gasteiger partial charge >= 0.3 is 0 Å². The van der Waals surface area contributed by atoms with Crippen LogP contribution in [0.3, 0.4) is 0 Å². The van der Waals surface area contributed by atoms with Gasteiger partial charge in [-0.05, 0) is 24.1 Å². The molecule has 1 aromatic carbocycles. The van der Waals surface area contributed by atoms with E-state index in [4.69, 9.17) is 29.0 Å². The molecular weight excluding hydrogens is 271 g/mol. The predicted octanol–water partition coefficient (Wildman–Crippen LogP) is 2.59. The van der Waals surface area contributed by atoms with Crippen LogP contribution in [-0.4, -0.2) is 9.78 Å². The Morgan fingerprint density at radius 2 is 2.06 bits per heavy atom. The predicted molar refractivity (Wildman–Crippen MR) is 73.6 cm³/mol. The maximum atomic E-state index is 6.15. The molecule has 96 valence electrons. The summed E-state index contributed by atoms with van der Waals surface area (Å²) in [4.78, 5) is 0. The van der Waals surface area contributed by atoms with Crippen LogP contribution in [0, 0.1) is 6.92 Å². The highest BCUT2D eigenvalue weighted by atomic mass is 35.5. The smallest absolute Gasteiger partial charge is 0.0896 e. The summed E-state index contributed by atoms with van der Waals surface area (Å²) in [5.74, 6) is 5.66. The van der Waals surface area contributed by atoms with Gasteiger partial charge in [0.25, 0.3) is 0 Å². The van der Waals surface area contributed by atoms with E-state index in [-0.39, 0.29) is 6.04 Å². The van der Waals surface area contributed by atoms with Crippen molar-refractivity contribution in [1.29, 1.82) is 0 Å². The Morgan fingerprint density at radius 1 is 1.33 bits per heavy atom. The Morgan fingerprint density at radius 3 is 2.61 bits per heavy atom. The van der Waals surface area contributed by atoms with Crippen molar-refractivity contribution >= 4 is 23.2 Å². The molecule has 0 saturated heterocycles. The van der Waals surface area contributed by atoms with Crippen molar-refractivity contribution < 1.29 is 0 Å². The number of hydrazine groups is 1. The van der Waals surface area contributed by atoms with Crippen LogP contribution in [0.4, 0.5) is 0 Å². The summed E-state index contributed by atoms with van der Waals surface area (Å²) in [6.45, 7) is 1.95. The molecule has 0 bridgehead atoms. The zero-order chi connectivity index (χ0) is 13.3. The molecule has 18 heavy (non-hydrogen) atoms. The molecule has 0 aliphatic heterocycles. The number of aryl methyl sites for hydroxylation is 1. The summed E-state index contributed by atoms with van der Waals surface area (Å²) < 4.78 is 1.70. The van der Waals surface area contributed by atoms with E-state index < -0.39 is 0 Å². The van der Waals surface area contributed by atoms with Gasteiger partial charge in [0, 0.05) is 12.1 Å². The van der Waals surface area contributed by atoms with Gasteiger partial charge in [-0.1, -0.05) is 35.3 Å². The summed E-state index contributed by atoms with van der Waals surface area (Å²) in [7, 11) is 1.82. The summed E-state index contributed by atoms with van der Waals surface area (Å²) in [5, 5.41) is 5.39. The third-order valence-electron chi connectivity index (χ3n) is 3.00. The standard InChI is InChI=1S/C12H14Cl2N4/c1-7-8(4-3-5-9(7)13)11(17-15)12-10(14)6-16-18(12)2/h3-6,11,17H,15H2,1-2H3. The van der Waals surface area contributed by atoms with Gasteiger partial charge in [0.1, 0.15) is 0 Å². The quantitative estimate of drug-likeness (QED) is 0.673. The SMILES string of the molecule is Cc1c(Cl)cccc1C(NN)c1c(Cl)cnn1C. The van der Waals surface area contributed by atoms with Crippen LogP contribution < -0.4 is 11.3 Å². The first kappa shape index (κ1) is 13.4. The normalized spacial score (nSPS) is 12.7. The third-order valence-corrected chi connectivity index (χ3v) is 3.70. The van der Waals surface area contributed by atoms with E-state index >= 15 is 0 Å². The topological polar surface area (TPSA) is 55.9 Å². The van der Waals surface area contributed by atoms with Crippen molar-refractivity contribution in [3.05, 3.63) is 51.3 Å². The van der Waals surface area contributed by atoms with Crippen LogP contribution >= 0.6 is 23.2 Å². The second kappa shape index (κ2) is 5.28. The minimum Gasteiger partial charge on any atom is -0.271 e. The van der Waals surface area contributed by atoms with E-state index in [1.54, 1.807) is 10.9 Å². The minimum absolute atomic E-state index is 0.247. The van der Waals surface area contributed by atoms with Crippen LogP contribution in [-0.2, 0) is 7.05 Å². The first-order valence-electron chi connectivity index (χ1n) is 5.44. The van der Waals surface area contributed by atoms with Crippen molar-refractivity contribution in [3.63, 3.8) is 0 Å². The number of hydrogen-bond acceptors (Lipinski definition) is 3. The summed E-state index contributed by atoms with van der Waals surface area (Å²) in [6, 6.07) is 5.45. The van der Waals surface area contributed by atoms with Crippen molar-refractivity contribution in [2.24, 2.45) is 12.9 Å². The Balaban J connectivity index is 2.56. The lowest BCUT2D eigenvalue weighted by Gasteiger charge is -2.20. The van der Waals surface area contributed by atoms with Crippen molar-refractivity contribution in [3.8, 4) is 0 Å². The van der Waals surface area contributed by atoms with Crippen LogP contribution in [0.15, 0.2) is 24.4 Å².